The van der Waals surface area contributed by atoms with Crippen LogP contribution in [0.15, 0.2) is 210 Å². The van der Waals surface area contributed by atoms with Gasteiger partial charge in [0.1, 0.15) is 0 Å². The Morgan fingerprint density at radius 3 is 1.71 bits per heavy atom. The van der Waals surface area contributed by atoms with Crippen LogP contribution in [-0.2, 0) is 27.4 Å². The van der Waals surface area contributed by atoms with Crippen molar-refractivity contribution in [2.24, 2.45) is 11.8 Å². The molecule has 0 amide bonds. The smallest absolute Gasteiger partial charge is 0.207 e. The minimum absolute atomic E-state index is 0.191. The van der Waals surface area contributed by atoms with Crippen molar-refractivity contribution in [3.8, 4) is 56.4 Å². The zero-order chi connectivity index (χ0) is 47.9. The van der Waals surface area contributed by atoms with E-state index in [1.54, 1.807) is 6.07 Å². The number of sulfone groups is 1. The van der Waals surface area contributed by atoms with Gasteiger partial charge in [0.15, 0.2) is 17.5 Å². The number of nitrogens with zero attached hydrogens (tertiary/aromatic N) is 3. The molecule has 6 nitrogen and oxygen atoms in total. The first kappa shape index (κ1) is 43.0. The highest BCUT2D eigenvalue weighted by Gasteiger charge is 2.48. The lowest BCUT2D eigenvalue weighted by Crippen LogP contribution is -2.39. The summed E-state index contributed by atoms with van der Waals surface area (Å²) >= 11 is 0. The molecule has 3 aliphatic rings. The molecule has 1 unspecified atom stereocenters. The standard InChI is InChI=1S/C65H49N3O3S/c69-72(70)60-24-11-4-13-40(60)27-30-49-38-48-37-46(62(48)71-49)26-25-45-36-44(29-34-61(45)72)50-32-33-58(55-22-9-5-18-51(50)55)65-67-63(41-14-2-1-3-15-41)66-64(68-65)47-17-12-16-42(35-47)43-28-31-57-54-21-7-6-19-52(54)53-20-8-10-23-56(53)59(57)39-43/h1-24,28-29,31-36,39,46,48-49,62H,25-27,30,37-38H2/t46?,48-,49+,62-/m0/s1. The monoisotopic (exact) mass is 951 g/mol. The number of hydrogen-bond donors (Lipinski definition) is 0. The van der Waals surface area contributed by atoms with Gasteiger partial charge in [-0.15, -0.1) is 0 Å². The van der Waals surface area contributed by atoms with Crippen LogP contribution in [0.2, 0.25) is 0 Å². The first-order chi connectivity index (χ1) is 35.4. The molecular formula is C65H49N3O3S. The van der Waals surface area contributed by atoms with Crippen LogP contribution in [0.25, 0.3) is 99.5 Å². The summed E-state index contributed by atoms with van der Waals surface area (Å²) in [5.74, 6) is 2.81. The summed E-state index contributed by atoms with van der Waals surface area (Å²) < 4.78 is 36.2. The van der Waals surface area contributed by atoms with Gasteiger partial charge in [-0.1, -0.05) is 164 Å². The van der Waals surface area contributed by atoms with Crippen molar-refractivity contribution in [3.05, 3.63) is 211 Å². The summed E-state index contributed by atoms with van der Waals surface area (Å²) in [7, 11) is -3.80. The lowest BCUT2D eigenvalue weighted by molar-refractivity contribution is -0.0565. The van der Waals surface area contributed by atoms with Crippen molar-refractivity contribution >= 4 is 52.9 Å². The maximum absolute atomic E-state index is 14.8. The second-order valence-corrected chi connectivity index (χ2v) is 21.9. The van der Waals surface area contributed by atoms with Crippen LogP contribution in [0.4, 0.5) is 0 Å². The molecule has 0 N–H and O–H groups in total. The van der Waals surface area contributed by atoms with Crippen molar-refractivity contribution in [2.75, 3.05) is 0 Å². The van der Waals surface area contributed by atoms with Crippen molar-refractivity contribution in [3.63, 3.8) is 0 Å². The first-order valence-corrected chi connectivity index (χ1v) is 26.8. The van der Waals surface area contributed by atoms with Gasteiger partial charge in [-0.2, -0.15) is 0 Å². The fraction of sp³-hybridized carbons (Fsp3) is 0.154. The van der Waals surface area contributed by atoms with Gasteiger partial charge in [-0.05, 0) is 163 Å². The Balaban J connectivity index is 0.873. The van der Waals surface area contributed by atoms with Crippen molar-refractivity contribution < 1.29 is 13.2 Å². The lowest BCUT2D eigenvalue weighted by atomic mass is 9.69. The minimum atomic E-state index is -3.80. The zero-order valence-electron chi connectivity index (χ0n) is 39.6. The molecule has 348 valence electrons. The Kier molecular flexibility index (Phi) is 10.3. The maximum Gasteiger partial charge on any atom is 0.207 e. The quantitative estimate of drug-likeness (QED) is 0.160. The molecule has 7 heteroatoms. The van der Waals surface area contributed by atoms with Gasteiger partial charge in [-0.25, -0.2) is 23.4 Å². The number of ether oxygens (including phenoxy) is 1. The summed E-state index contributed by atoms with van der Waals surface area (Å²) in [6, 6.07) is 69.0. The Hall–Kier alpha value is -7.84. The number of aromatic nitrogens is 3. The third-order valence-electron chi connectivity index (χ3n) is 15.9. The fourth-order valence-electron chi connectivity index (χ4n) is 12.3. The number of aryl methyl sites for hydroxylation is 2. The predicted molar refractivity (Wildman–Crippen MR) is 290 cm³/mol. The van der Waals surface area contributed by atoms with Crippen molar-refractivity contribution in [2.45, 2.75) is 60.5 Å². The normalized spacial score (nSPS) is 19.2. The van der Waals surface area contributed by atoms with E-state index >= 15 is 0 Å². The van der Waals surface area contributed by atoms with E-state index in [-0.39, 0.29) is 12.2 Å². The van der Waals surface area contributed by atoms with Crippen molar-refractivity contribution in [1.82, 2.24) is 15.0 Å². The Labute approximate surface area is 419 Å². The third-order valence-corrected chi connectivity index (χ3v) is 17.9. The van der Waals surface area contributed by atoms with Crippen LogP contribution < -0.4 is 0 Å². The summed E-state index contributed by atoms with van der Waals surface area (Å²) in [6.07, 6.45) is 5.78. The van der Waals surface area contributed by atoms with Crippen LogP contribution >= 0.6 is 0 Å². The highest BCUT2D eigenvalue weighted by Crippen LogP contribution is 2.49. The molecule has 3 heterocycles. The molecule has 2 fully saturated rings. The van der Waals surface area contributed by atoms with Crippen molar-refractivity contribution in [1.29, 1.82) is 0 Å². The zero-order valence-corrected chi connectivity index (χ0v) is 40.4. The summed E-state index contributed by atoms with van der Waals surface area (Å²) in [6.45, 7) is 0. The van der Waals surface area contributed by atoms with Gasteiger partial charge in [0.2, 0.25) is 9.84 Å². The topological polar surface area (TPSA) is 82.0 Å². The minimum Gasteiger partial charge on any atom is -0.374 e. The van der Waals surface area contributed by atoms with E-state index < -0.39 is 9.84 Å². The molecule has 1 aromatic heterocycles. The second kappa shape index (κ2) is 17.2. The molecule has 4 atom stereocenters. The average molecular weight is 952 g/mol. The molecule has 1 aliphatic carbocycles. The number of rotatable bonds is 5. The van der Waals surface area contributed by atoms with Gasteiger partial charge in [0.25, 0.3) is 0 Å². The predicted octanol–water partition coefficient (Wildman–Crippen LogP) is 15.3. The Morgan fingerprint density at radius 2 is 0.931 bits per heavy atom. The molecule has 0 spiro atoms. The highest BCUT2D eigenvalue weighted by molar-refractivity contribution is 7.91. The molecule has 2 bridgehead atoms. The lowest BCUT2D eigenvalue weighted by Gasteiger charge is -2.39. The molecule has 2 aliphatic heterocycles. The molecule has 10 aromatic carbocycles. The molecule has 72 heavy (non-hydrogen) atoms. The van der Waals surface area contributed by atoms with Gasteiger partial charge in [0, 0.05) is 16.7 Å². The van der Waals surface area contributed by atoms with Crippen LogP contribution in [0.5, 0.6) is 0 Å². The number of fused-ring (bicyclic) bond motifs is 10. The number of benzene rings is 10. The average Bonchev–Trinajstić information content (AvgIpc) is 3.76. The summed E-state index contributed by atoms with van der Waals surface area (Å²) in [5.41, 5.74) is 8.58. The van der Waals surface area contributed by atoms with E-state index in [1.807, 2.05) is 60.7 Å². The van der Waals surface area contributed by atoms with E-state index in [0.717, 1.165) is 86.5 Å². The molecule has 0 radical (unpaired) electrons. The van der Waals surface area contributed by atoms with Crippen LogP contribution in [0, 0.1) is 11.8 Å². The Morgan fingerprint density at radius 1 is 0.375 bits per heavy atom. The molecule has 14 rings (SSSR count). The van der Waals surface area contributed by atoms with Gasteiger partial charge in [-0.3, -0.25) is 0 Å². The Bertz CT molecular complexity index is 4060. The summed E-state index contributed by atoms with van der Waals surface area (Å²) in [4.78, 5) is 16.4. The second-order valence-electron chi connectivity index (χ2n) is 20.0. The number of hydrogen-bond acceptors (Lipinski definition) is 6. The van der Waals surface area contributed by atoms with Crippen LogP contribution in [0.1, 0.15) is 36.8 Å². The van der Waals surface area contributed by atoms with E-state index in [2.05, 4.69) is 133 Å². The largest absolute Gasteiger partial charge is 0.374 e. The molecular weight excluding hydrogens is 903 g/mol. The SMILES string of the molecule is O=S1(=O)c2ccc(-c3ccc(-c4nc(-c5ccccc5)nc(-c5cccc(-c6ccc7c8ccccc8c8ccccc8c7c6)c5)n4)c4ccccc34)cc2CCC2C[C@H]3C[C@@H](CCc4ccccc41)O[C@@H]23. The first-order valence-electron chi connectivity index (χ1n) is 25.3. The van der Waals surface area contributed by atoms with Gasteiger partial charge >= 0.3 is 0 Å². The van der Waals surface area contributed by atoms with Gasteiger partial charge in [0.05, 0.1) is 22.0 Å². The van der Waals surface area contributed by atoms with E-state index in [9.17, 15) is 8.42 Å². The van der Waals surface area contributed by atoms with Crippen LogP contribution in [0.3, 0.4) is 0 Å². The molecule has 1 saturated carbocycles. The van der Waals surface area contributed by atoms with E-state index in [0.29, 0.717) is 51.9 Å². The van der Waals surface area contributed by atoms with E-state index in [1.165, 1.54) is 32.3 Å². The third kappa shape index (κ3) is 7.24. The molecule has 1 saturated heterocycles. The van der Waals surface area contributed by atoms with Crippen LogP contribution in [-0.4, -0.2) is 35.6 Å². The fourth-order valence-corrected chi connectivity index (χ4v) is 14.1. The molecule has 11 aromatic rings. The highest BCUT2D eigenvalue weighted by atomic mass is 32.2. The summed E-state index contributed by atoms with van der Waals surface area (Å²) in [5, 5.41) is 9.47. The maximum atomic E-state index is 14.8. The van der Waals surface area contributed by atoms with Gasteiger partial charge < -0.3 is 4.74 Å². The van der Waals surface area contributed by atoms with E-state index in [4.69, 9.17) is 19.7 Å².